The van der Waals surface area contributed by atoms with Crippen molar-refractivity contribution in [3.8, 4) is 0 Å². The molecule has 1 aliphatic rings. The van der Waals surface area contributed by atoms with Gasteiger partial charge in [-0.3, -0.25) is 0 Å². The topological polar surface area (TPSA) is 12.0 Å². The van der Waals surface area contributed by atoms with Crippen molar-refractivity contribution in [3.05, 3.63) is 35.1 Å². The molecule has 0 amide bonds. The van der Waals surface area contributed by atoms with E-state index in [4.69, 9.17) is 0 Å². The molecule has 0 radical (unpaired) electrons. The van der Waals surface area contributed by atoms with Crippen molar-refractivity contribution in [3.63, 3.8) is 0 Å². The molecule has 1 unspecified atom stereocenters. The standard InChI is InChI=1S/C13H18FN.ClH/c1-10-5-6-11(9-13(10)14)8-12-4-2-3-7-15-12;/h5-6,9,12,15H,2-4,7-8H2,1H3;1H. The van der Waals surface area contributed by atoms with E-state index in [1.165, 1.54) is 19.3 Å². The van der Waals surface area contributed by atoms with Crippen molar-refractivity contribution in [2.45, 2.75) is 38.6 Å². The molecule has 0 aliphatic carbocycles. The van der Waals surface area contributed by atoms with E-state index in [9.17, 15) is 4.39 Å². The largest absolute Gasteiger partial charge is 0.314 e. The van der Waals surface area contributed by atoms with Crippen LogP contribution in [-0.4, -0.2) is 12.6 Å². The molecule has 1 aromatic rings. The monoisotopic (exact) mass is 243 g/mol. The van der Waals surface area contributed by atoms with Crippen molar-refractivity contribution in [1.29, 1.82) is 0 Å². The fraction of sp³-hybridized carbons (Fsp3) is 0.538. The van der Waals surface area contributed by atoms with E-state index in [1.807, 2.05) is 12.1 Å². The van der Waals surface area contributed by atoms with Gasteiger partial charge in [-0.25, -0.2) is 4.39 Å². The number of halogens is 2. The molecule has 1 fully saturated rings. The second-order valence-electron chi connectivity index (χ2n) is 4.43. The Morgan fingerprint density at radius 1 is 1.38 bits per heavy atom. The zero-order chi connectivity index (χ0) is 10.7. The summed E-state index contributed by atoms with van der Waals surface area (Å²) in [5, 5.41) is 3.48. The molecular weight excluding hydrogens is 225 g/mol. The first-order chi connectivity index (χ1) is 7.25. The van der Waals surface area contributed by atoms with E-state index in [2.05, 4.69) is 5.32 Å². The second-order valence-corrected chi connectivity index (χ2v) is 4.43. The highest BCUT2D eigenvalue weighted by Crippen LogP contribution is 2.15. The van der Waals surface area contributed by atoms with Crippen LogP contribution < -0.4 is 5.32 Å². The molecule has 3 heteroatoms. The van der Waals surface area contributed by atoms with Crippen LogP contribution in [0.3, 0.4) is 0 Å². The zero-order valence-corrected chi connectivity index (χ0v) is 10.4. The van der Waals surface area contributed by atoms with Crippen molar-refractivity contribution in [2.75, 3.05) is 6.54 Å². The highest BCUT2D eigenvalue weighted by Gasteiger charge is 2.13. The molecule has 16 heavy (non-hydrogen) atoms. The molecule has 0 bridgehead atoms. The number of benzene rings is 1. The lowest BCUT2D eigenvalue weighted by atomic mass is 9.97. The quantitative estimate of drug-likeness (QED) is 0.841. The average Bonchev–Trinajstić information content (AvgIpc) is 2.25. The summed E-state index contributed by atoms with van der Waals surface area (Å²) in [6.07, 6.45) is 4.75. The van der Waals surface area contributed by atoms with Crippen LogP contribution in [0.25, 0.3) is 0 Å². The lowest BCUT2D eigenvalue weighted by Gasteiger charge is -2.23. The Bertz CT molecular complexity index is 335. The lowest BCUT2D eigenvalue weighted by molar-refractivity contribution is 0.399. The van der Waals surface area contributed by atoms with Gasteiger partial charge in [0.1, 0.15) is 5.82 Å². The van der Waals surface area contributed by atoms with Gasteiger partial charge in [-0.05, 0) is 49.9 Å². The Morgan fingerprint density at radius 3 is 2.81 bits per heavy atom. The van der Waals surface area contributed by atoms with Crippen LogP contribution in [0.15, 0.2) is 18.2 Å². The molecule has 0 spiro atoms. The third-order valence-corrected chi connectivity index (χ3v) is 3.13. The fourth-order valence-electron chi connectivity index (χ4n) is 2.15. The van der Waals surface area contributed by atoms with E-state index < -0.39 is 0 Å². The fourth-order valence-corrected chi connectivity index (χ4v) is 2.15. The van der Waals surface area contributed by atoms with Gasteiger partial charge in [0.05, 0.1) is 0 Å². The Kier molecular flexibility index (Phi) is 5.23. The number of hydrogen-bond donors (Lipinski definition) is 1. The van der Waals surface area contributed by atoms with Crippen LogP contribution in [0.1, 0.15) is 30.4 Å². The average molecular weight is 244 g/mol. The Hall–Kier alpha value is -0.600. The molecule has 1 atom stereocenters. The van der Waals surface area contributed by atoms with E-state index in [1.54, 1.807) is 13.0 Å². The Morgan fingerprint density at radius 2 is 2.19 bits per heavy atom. The van der Waals surface area contributed by atoms with Gasteiger partial charge in [0.15, 0.2) is 0 Å². The Labute approximate surface area is 103 Å². The first-order valence-corrected chi connectivity index (χ1v) is 5.74. The Balaban J connectivity index is 0.00000128. The minimum absolute atomic E-state index is 0. The summed E-state index contributed by atoms with van der Waals surface area (Å²) in [4.78, 5) is 0. The van der Waals surface area contributed by atoms with Gasteiger partial charge >= 0.3 is 0 Å². The normalized spacial score (nSPS) is 20.2. The maximum atomic E-state index is 13.3. The van der Waals surface area contributed by atoms with E-state index in [0.717, 1.165) is 24.1 Å². The SMILES string of the molecule is Cc1ccc(CC2CCCCN2)cc1F.Cl. The summed E-state index contributed by atoms with van der Waals surface area (Å²) < 4.78 is 13.3. The van der Waals surface area contributed by atoms with Gasteiger partial charge in [-0.1, -0.05) is 18.6 Å². The molecule has 1 nitrogen and oxygen atoms in total. The number of rotatable bonds is 2. The number of hydrogen-bond acceptors (Lipinski definition) is 1. The lowest BCUT2D eigenvalue weighted by Crippen LogP contribution is -2.35. The van der Waals surface area contributed by atoms with Crippen LogP contribution in [0, 0.1) is 12.7 Å². The van der Waals surface area contributed by atoms with Crippen LogP contribution >= 0.6 is 12.4 Å². The van der Waals surface area contributed by atoms with Crippen molar-refractivity contribution in [2.24, 2.45) is 0 Å². The van der Waals surface area contributed by atoms with E-state index in [0.29, 0.717) is 6.04 Å². The van der Waals surface area contributed by atoms with Crippen LogP contribution in [0.5, 0.6) is 0 Å². The van der Waals surface area contributed by atoms with Crippen molar-refractivity contribution >= 4 is 12.4 Å². The van der Waals surface area contributed by atoms with Gasteiger partial charge in [0.2, 0.25) is 0 Å². The molecule has 1 aliphatic heterocycles. The van der Waals surface area contributed by atoms with Gasteiger partial charge in [-0.15, -0.1) is 12.4 Å². The summed E-state index contributed by atoms with van der Waals surface area (Å²) in [5.41, 5.74) is 1.84. The van der Waals surface area contributed by atoms with Gasteiger partial charge in [0, 0.05) is 6.04 Å². The number of nitrogens with one attached hydrogen (secondary N) is 1. The molecule has 1 aromatic carbocycles. The van der Waals surface area contributed by atoms with Gasteiger partial charge in [0.25, 0.3) is 0 Å². The predicted molar refractivity (Wildman–Crippen MR) is 67.7 cm³/mol. The third-order valence-electron chi connectivity index (χ3n) is 3.13. The number of aryl methyl sites for hydroxylation is 1. The molecule has 90 valence electrons. The smallest absolute Gasteiger partial charge is 0.126 e. The molecular formula is C13H19ClFN. The zero-order valence-electron chi connectivity index (χ0n) is 9.63. The van der Waals surface area contributed by atoms with Crippen molar-refractivity contribution in [1.82, 2.24) is 5.32 Å². The summed E-state index contributed by atoms with van der Waals surface area (Å²) in [7, 11) is 0. The maximum absolute atomic E-state index is 13.3. The van der Waals surface area contributed by atoms with Crippen LogP contribution in [0.2, 0.25) is 0 Å². The minimum atomic E-state index is -0.0803. The molecule has 2 rings (SSSR count). The minimum Gasteiger partial charge on any atom is -0.314 e. The molecule has 0 saturated carbocycles. The summed E-state index contributed by atoms with van der Waals surface area (Å²) in [6, 6.07) is 6.12. The second kappa shape index (κ2) is 6.21. The molecule has 1 N–H and O–H groups in total. The summed E-state index contributed by atoms with van der Waals surface area (Å²) >= 11 is 0. The molecule has 0 aromatic heterocycles. The first-order valence-electron chi connectivity index (χ1n) is 5.74. The maximum Gasteiger partial charge on any atom is 0.126 e. The van der Waals surface area contributed by atoms with E-state index >= 15 is 0 Å². The van der Waals surface area contributed by atoms with Crippen LogP contribution in [0.4, 0.5) is 4.39 Å². The first kappa shape index (κ1) is 13.5. The van der Waals surface area contributed by atoms with E-state index in [-0.39, 0.29) is 18.2 Å². The number of piperidine rings is 1. The molecule has 1 heterocycles. The highest BCUT2D eigenvalue weighted by atomic mass is 35.5. The third kappa shape index (κ3) is 3.46. The highest BCUT2D eigenvalue weighted by molar-refractivity contribution is 5.85. The van der Waals surface area contributed by atoms with Crippen molar-refractivity contribution < 1.29 is 4.39 Å². The summed E-state index contributed by atoms with van der Waals surface area (Å²) in [6.45, 7) is 2.91. The van der Waals surface area contributed by atoms with Crippen LogP contribution in [-0.2, 0) is 6.42 Å². The van der Waals surface area contributed by atoms with Gasteiger partial charge < -0.3 is 5.32 Å². The summed E-state index contributed by atoms with van der Waals surface area (Å²) in [5.74, 6) is -0.0803. The van der Waals surface area contributed by atoms with Gasteiger partial charge in [-0.2, -0.15) is 0 Å². The predicted octanol–water partition coefficient (Wildman–Crippen LogP) is 3.24. The molecule has 1 saturated heterocycles.